The first kappa shape index (κ1) is 29.0. The summed E-state index contributed by atoms with van der Waals surface area (Å²) in [6.45, 7) is 3.65. The van der Waals surface area contributed by atoms with Crippen LogP contribution in [0.4, 0.5) is 23.2 Å². The van der Waals surface area contributed by atoms with Crippen molar-refractivity contribution >= 4 is 5.69 Å². The molecule has 0 radical (unpaired) electrons. The Morgan fingerprint density at radius 1 is 0.905 bits per heavy atom. The quantitative estimate of drug-likeness (QED) is 0.301. The Balaban J connectivity index is 1.27. The van der Waals surface area contributed by atoms with Gasteiger partial charge in [-0.15, -0.1) is 0 Å². The summed E-state index contributed by atoms with van der Waals surface area (Å²) in [4.78, 5) is 3.59. The van der Waals surface area contributed by atoms with Crippen molar-refractivity contribution in [1.82, 2.24) is 10.2 Å². The van der Waals surface area contributed by atoms with E-state index in [4.69, 9.17) is 4.74 Å². The minimum absolute atomic E-state index is 0.166. The van der Waals surface area contributed by atoms with Crippen LogP contribution >= 0.6 is 0 Å². The second-order valence-electron chi connectivity index (χ2n) is 12.1. The van der Waals surface area contributed by atoms with Gasteiger partial charge in [-0.05, 0) is 91.4 Å². The van der Waals surface area contributed by atoms with Gasteiger partial charge in [0.1, 0.15) is 24.0 Å². The summed E-state index contributed by atoms with van der Waals surface area (Å²) in [5.41, 5.74) is 3.14. The number of nitrogens with one attached hydrogen (secondary N) is 1. The lowest BCUT2D eigenvalue weighted by Gasteiger charge is -2.38. The number of piperidine rings is 1. The van der Waals surface area contributed by atoms with Crippen LogP contribution in [0.3, 0.4) is 0 Å². The molecule has 3 heterocycles. The maximum Gasteiger partial charge on any atom is 0.251 e. The lowest BCUT2D eigenvalue weighted by Crippen LogP contribution is -2.40. The summed E-state index contributed by atoms with van der Waals surface area (Å²) in [6, 6.07) is 17.1. The smallest absolute Gasteiger partial charge is 0.251 e. The lowest BCUT2D eigenvalue weighted by molar-refractivity contribution is 0.0686. The Labute approximate surface area is 245 Å². The number of ether oxygens (including phenoxy) is 1. The Morgan fingerprint density at radius 2 is 1.69 bits per heavy atom. The zero-order valence-corrected chi connectivity index (χ0v) is 23.9. The lowest BCUT2D eigenvalue weighted by atomic mass is 9.75. The molecule has 2 fully saturated rings. The maximum atomic E-state index is 16.0. The molecule has 3 aliphatic rings. The minimum atomic E-state index is -2.62. The molecule has 0 aliphatic carbocycles. The van der Waals surface area contributed by atoms with Gasteiger partial charge < -0.3 is 15.0 Å². The van der Waals surface area contributed by atoms with Crippen LogP contribution in [0, 0.1) is 17.0 Å². The molecule has 4 nitrogen and oxygen atoms in total. The second-order valence-corrected chi connectivity index (χ2v) is 12.1. The summed E-state index contributed by atoms with van der Waals surface area (Å²) in [5.74, 6) is -0.739. The van der Waals surface area contributed by atoms with Crippen LogP contribution in [0.15, 0.2) is 60.7 Å². The Morgan fingerprint density at radius 3 is 2.43 bits per heavy atom. The SMILES string of the molecule is Fc1cc(N2CCCC3(CCCNC3)CC2)cc(F)c1C1c2ccc(OCc3ccccc3)cc2CCN1CC(F)F. The van der Waals surface area contributed by atoms with Crippen LogP contribution in [0.2, 0.25) is 0 Å². The molecule has 0 aromatic heterocycles. The van der Waals surface area contributed by atoms with E-state index < -0.39 is 30.6 Å². The molecule has 1 spiro atoms. The van der Waals surface area contributed by atoms with E-state index in [-0.39, 0.29) is 17.5 Å². The number of hydrogen-bond acceptors (Lipinski definition) is 4. The maximum absolute atomic E-state index is 16.0. The van der Waals surface area contributed by atoms with E-state index in [9.17, 15) is 8.78 Å². The molecule has 42 heavy (non-hydrogen) atoms. The van der Waals surface area contributed by atoms with E-state index in [1.165, 1.54) is 23.5 Å². The zero-order valence-electron chi connectivity index (χ0n) is 23.9. The fraction of sp³-hybridized carbons (Fsp3) is 0.471. The number of benzene rings is 3. The van der Waals surface area contributed by atoms with Crippen LogP contribution in [-0.4, -0.2) is 50.6 Å². The normalized spacial score (nSPS) is 23.2. The number of fused-ring (bicyclic) bond motifs is 1. The molecule has 2 atom stereocenters. The summed E-state index contributed by atoms with van der Waals surface area (Å²) in [7, 11) is 0. The van der Waals surface area contributed by atoms with Gasteiger partial charge in [0.15, 0.2) is 0 Å². The molecule has 0 bridgehead atoms. The number of nitrogens with zero attached hydrogens (tertiary/aromatic N) is 2. The highest BCUT2D eigenvalue weighted by Gasteiger charge is 2.36. The number of alkyl halides is 2. The topological polar surface area (TPSA) is 27.7 Å². The fourth-order valence-electron chi connectivity index (χ4n) is 7.18. The first-order valence-electron chi connectivity index (χ1n) is 15.2. The van der Waals surface area contributed by atoms with Crippen LogP contribution in [0.5, 0.6) is 5.75 Å². The average molecular weight is 582 g/mol. The minimum Gasteiger partial charge on any atom is -0.489 e. The Hall–Kier alpha value is -3.10. The Kier molecular flexibility index (Phi) is 8.72. The number of anilines is 1. The van der Waals surface area contributed by atoms with E-state index in [0.29, 0.717) is 30.0 Å². The van der Waals surface area contributed by atoms with Gasteiger partial charge in [0.2, 0.25) is 0 Å². The molecule has 2 saturated heterocycles. The molecule has 0 saturated carbocycles. The number of halogens is 4. The van der Waals surface area contributed by atoms with E-state index in [1.807, 2.05) is 36.4 Å². The fourth-order valence-corrected chi connectivity index (χ4v) is 7.18. The molecule has 224 valence electrons. The molecule has 3 aliphatic heterocycles. The van der Waals surface area contributed by atoms with Crippen molar-refractivity contribution in [2.24, 2.45) is 5.41 Å². The molecular weight excluding hydrogens is 542 g/mol. The van der Waals surface area contributed by atoms with Crippen molar-refractivity contribution < 1.29 is 22.3 Å². The highest BCUT2D eigenvalue weighted by atomic mass is 19.3. The second kappa shape index (κ2) is 12.6. The van der Waals surface area contributed by atoms with Crippen LogP contribution in [-0.2, 0) is 13.0 Å². The van der Waals surface area contributed by atoms with Crippen molar-refractivity contribution in [2.45, 2.75) is 57.6 Å². The van der Waals surface area contributed by atoms with Crippen molar-refractivity contribution in [3.05, 3.63) is 94.6 Å². The third-order valence-corrected chi connectivity index (χ3v) is 9.37. The third kappa shape index (κ3) is 6.30. The standard InChI is InChI=1S/C34H39F4N3O/c35-29-19-26(40-15-5-12-34(13-17-40)11-4-14-39-23-34)20-30(36)32(29)33-28-9-8-27(42-22-24-6-2-1-3-7-24)18-25(28)10-16-41(33)21-31(37)38/h1-3,6-9,18-20,31,33,39H,4-5,10-17,21-23H2. The molecule has 3 aromatic carbocycles. The highest BCUT2D eigenvalue weighted by Crippen LogP contribution is 2.42. The van der Waals surface area contributed by atoms with Gasteiger partial charge in [-0.2, -0.15) is 0 Å². The van der Waals surface area contributed by atoms with Gasteiger partial charge in [0.05, 0.1) is 12.6 Å². The van der Waals surface area contributed by atoms with Crippen molar-refractivity contribution in [1.29, 1.82) is 0 Å². The number of hydrogen-bond donors (Lipinski definition) is 1. The summed E-state index contributed by atoms with van der Waals surface area (Å²) in [6.07, 6.45) is 3.29. The van der Waals surface area contributed by atoms with Gasteiger partial charge in [0.25, 0.3) is 6.43 Å². The molecule has 3 aromatic rings. The highest BCUT2D eigenvalue weighted by molar-refractivity contribution is 5.52. The molecular formula is C34H39F4N3O. The van der Waals surface area contributed by atoms with Gasteiger partial charge >= 0.3 is 0 Å². The molecule has 0 amide bonds. The van der Waals surface area contributed by atoms with Crippen molar-refractivity contribution in [3.63, 3.8) is 0 Å². The zero-order chi connectivity index (χ0) is 29.1. The van der Waals surface area contributed by atoms with E-state index in [1.54, 1.807) is 12.1 Å². The summed E-state index contributed by atoms with van der Waals surface area (Å²) >= 11 is 0. The van der Waals surface area contributed by atoms with Gasteiger partial charge in [-0.3, -0.25) is 4.90 Å². The average Bonchev–Trinajstić information content (AvgIpc) is 3.19. The van der Waals surface area contributed by atoms with Gasteiger partial charge in [0, 0.05) is 37.4 Å². The van der Waals surface area contributed by atoms with Crippen LogP contribution in [0.1, 0.15) is 60.4 Å². The molecule has 2 unspecified atom stereocenters. The Bertz CT molecular complexity index is 1340. The first-order valence-corrected chi connectivity index (χ1v) is 15.2. The van der Waals surface area contributed by atoms with Crippen molar-refractivity contribution in [2.75, 3.05) is 44.2 Å². The largest absolute Gasteiger partial charge is 0.489 e. The summed E-state index contributed by atoms with van der Waals surface area (Å²) in [5, 5.41) is 3.53. The van der Waals surface area contributed by atoms with Crippen molar-refractivity contribution in [3.8, 4) is 5.75 Å². The first-order chi connectivity index (χ1) is 20.4. The molecule has 8 heteroatoms. The molecule has 6 rings (SSSR count). The number of rotatable bonds is 7. The van der Waals surface area contributed by atoms with E-state index >= 15 is 8.78 Å². The van der Waals surface area contributed by atoms with Gasteiger partial charge in [-0.25, -0.2) is 17.6 Å². The third-order valence-electron chi connectivity index (χ3n) is 9.37. The predicted molar refractivity (Wildman–Crippen MR) is 157 cm³/mol. The summed E-state index contributed by atoms with van der Waals surface area (Å²) < 4.78 is 65.2. The van der Waals surface area contributed by atoms with E-state index in [2.05, 4.69) is 10.2 Å². The van der Waals surface area contributed by atoms with Crippen LogP contribution in [0.25, 0.3) is 0 Å². The monoisotopic (exact) mass is 581 g/mol. The van der Waals surface area contributed by atoms with E-state index in [0.717, 1.165) is 63.0 Å². The molecule has 1 N–H and O–H groups in total. The van der Waals surface area contributed by atoms with Crippen LogP contribution < -0.4 is 15.0 Å². The predicted octanol–water partition coefficient (Wildman–Crippen LogP) is 7.12. The van der Waals surface area contributed by atoms with Gasteiger partial charge in [-0.1, -0.05) is 36.4 Å².